The fourth-order valence-corrected chi connectivity index (χ4v) is 1.98. The van der Waals surface area contributed by atoms with E-state index in [0.717, 1.165) is 6.54 Å². The average molecular weight is 257 g/mol. The molecule has 1 heterocycles. The summed E-state index contributed by atoms with van der Waals surface area (Å²) in [6.07, 6.45) is -0.0410. The average Bonchev–Trinajstić information content (AvgIpc) is 2.69. The Morgan fingerprint density at radius 3 is 2.56 bits per heavy atom. The molecule has 7 heteroatoms. The van der Waals surface area contributed by atoms with Gasteiger partial charge in [-0.3, -0.25) is 9.59 Å². The van der Waals surface area contributed by atoms with Crippen LogP contribution in [0.15, 0.2) is 0 Å². The Kier molecular flexibility index (Phi) is 5.08. The number of carboxylic acid groups (broad SMARTS) is 1. The number of aliphatic carboxylic acids is 1. The highest BCUT2D eigenvalue weighted by Crippen LogP contribution is 2.16. The van der Waals surface area contributed by atoms with Gasteiger partial charge in [-0.1, -0.05) is 6.92 Å². The molecule has 0 spiro atoms. The number of carbonyl (C=O) groups excluding carboxylic acids is 2. The highest BCUT2D eigenvalue weighted by atomic mass is 16.4. The fourth-order valence-electron chi connectivity index (χ4n) is 1.98. The molecule has 0 radical (unpaired) electrons. The lowest BCUT2D eigenvalue weighted by molar-refractivity contribution is -0.142. The monoisotopic (exact) mass is 257 g/mol. The van der Waals surface area contributed by atoms with Crippen molar-refractivity contribution < 1.29 is 19.5 Å². The van der Waals surface area contributed by atoms with Gasteiger partial charge in [-0.15, -0.1) is 0 Å². The molecule has 0 saturated carbocycles. The van der Waals surface area contributed by atoms with Crippen LogP contribution in [0.4, 0.5) is 0 Å². The van der Waals surface area contributed by atoms with Crippen LogP contribution in [0.2, 0.25) is 0 Å². The number of carbonyl (C=O) groups is 3. The van der Waals surface area contributed by atoms with Crippen molar-refractivity contribution in [2.75, 3.05) is 13.1 Å². The molecule has 0 unspecified atom stereocenters. The predicted octanol–water partition coefficient (Wildman–Crippen LogP) is -1.32. The molecule has 0 aromatic carbocycles. The molecule has 1 saturated heterocycles. The Hall–Kier alpha value is -1.63. The lowest BCUT2D eigenvalue weighted by atomic mass is 9.96. The zero-order chi connectivity index (χ0) is 13.7. The first-order chi connectivity index (χ1) is 8.41. The zero-order valence-corrected chi connectivity index (χ0v) is 10.3. The van der Waals surface area contributed by atoms with Crippen LogP contribution < -0.4 is 16.4 Å². The van der Waals surface area contributed by atoms with Crippen LogP contribution in [0, 0.1) is 11.8 Å². The highest BCUT2D eigenvalue weighted by Gasteiger charge is 2.32. The summed E-state index contributed by atoms with van der Waals surface area (Å²) in [5.74, 6) is -2.06. The van der Waals surface area contributed by atoms with Crippen LogP contribution >= 0.6 is 0 Å². The molecular formula is C11H19N3O4. The van der Waals surface area contributed by atoms with E-state index in [0.29, 0.717) is 6.54 Å². The summed E-state index contributed by atoms with van der Waals surface area (Å²) in [5, 5.41) is 14.5. The SMILES string of the molecule is C[C@@H]1CNC[C@H]1C(=O)N[C@@H](CCC(N)=O)C(=O)O. The van der Waals surface area contributed by atoms with Crippen molar-refractivity contribution in [3.05, 3.63) is 0 Å². The minimum atomic E-state index is -1.15. The maximum Gasteiger partial charge on any atom is 0.326 e. The van der Waals surface area contributed by atoms with Gasteiger partial charge in [-0.25, -0.2) is 4.79 Å². The molecule has 102 valence electrons. The Balaban J connectivity index is 2.52. The van der Waals surface area contributed by atoms with E-state index in [4.69, 9.17) is 10.8 Å². The van der Waals surface area contributed by atoms with Gasteiger partial charge >= 0.3 is 5.97 Å². The van der Waals surface area contributed by atoms with Gasteiger partial charge < -0.3 is 21.5 Å². The Bertz CT molecular complexity index is 345. The number of carboxylic acids is 1. The Labute approximate surface area is 105 Å². The smallest absolute Gasteiger partial charge is 0.326 e. The second-order valence-electron chi connectivity index (χ2n) is 4.65. The second-order valence-corrected chi connectivity index (χ2v) is 4.65. The normalized spacial score (nSPS) is 24.5. The number of primary amides is 1. The largest absolute Gasteiger partial charge is 0.480 e. The van der Waals surface area contributed by atoms with E-state index in [1.165, 1.54) is 0 Å². The van der Waals surface area contributed by atoms with E-state index in [1.807, 2.05) is 6.92 Å². The lowest BCUT2D eigenvalue weighted by Crippen LogP contribution is -2.45. The van der Waals surface area contributed by atoms with Gasteiger partial charge in [-0.05, 0) is 18.9 Å². The molecule has 1 rings (SSSR count). The molecule has 1 aliphatic rings. The molecular weight excluding hydrogens is 238 g/mol. The van der Waals surface area contributed by atoms with E-state index in [9.17, 15) is 14.4 Å². The van der Waals surface area contributed by atoms with Crippen LogP contribution in [0.3, 0.4) is 0 Å². The van der Waals surface area contributed by atoms with Crippen molar-refractivity contribution in [2.24, 2.45) is 17.6 Å². The number of rotatable bonds is 6. The minimum Gasteiger partial charge on any atom is -0.480 e. The molecule has 1 fully saturated rings. The molecule has 3 atom stereocenters. The lowest BCUT2D eigenvalue weighted by Gasteiger charge is -2.18. The van der Waals surface area contributed by atoms with Crippen LogP contribution in [-0.4, -0.2) is 42.0 Å². The summed E-state index contributed by atoms with van der Waals surface area (Å²) in [7, 11) is 0. The first-order valence-corrected chi connectivity index (χ1v) is 5.94. The summed E-state index contributed by atoms with van der Waals surface area (Å²) >= 11 is 0. The van der Waals surface area contributed by atoms with Crippen LogP contribution in [0.25, 0.3) is 0 Å². The highest BCUT2D eigenvalue weighted by molar-refractivity contribution is 5.86. The van der Waals surface area contributed by atoms with E-state index >= 15 is 0 Å². The summed E-state index contributed by atoms with van der Waals surface area (Å²) in [4.78, 5) is 33.5. The third-order valence-corrected chi connectivity index (χ3v) is 3.15. The van der Waals surface area contributed by atoms with Gasteiger partial charge in [0, 0.05) is 13.0 Å². The third-order valence-electron chi connectivity index (χ3n) is 3.15. The Morgan fingerprint density at radius 1 is 1.44 bits per heavy atom. The van der Waals surface area contributed by atoms with Crippen LogP contribution in [-0.2, 0) is 14.4 Å². The molecule has 1 aliphatic heterocycles. The molecule has 0 aliphatic carbocycles. The maximum atomic E-state index is 11.9. The summed E-state index contributed by atoms with van der Waals surface area (Å²) in [6.45, 7) is 3.23. The van der Waals surface area contributed by atoms with E-state index in [1.54, 1.807) is 0 Å². The molecule has 7 nitrogen and oxygen atoms in total. The van der Waals surface area contributed by atoms with Crippen molar-refractivity contribution in [2.45, 2.75) is 25.8 Å². The standard InChI is InChI=1S/C11H19N3O4/c1-6-4-13-5-7(6)10(16)14-8(11(17)18)2-3-9(12)15/h6-8,13H,2-5H2,1H3,(H2,12,15)(H,14,16)(H,17,18)/t6-,7-,8+/m1/s1. The predicted molar refractivity (Wildman–Crippen MR) is 63.5 cm³/mol. The van der Waals surface area contributed by atoms with Gasteiger partial charge in [0.25, 0.3) is 0 Å². The number of hydrogen-bond acceptors (Lipinski definition) is 4. The number of nitrogens with two attached hydrogens (primary N) is 1. The summed E-state index contributed by atoms with van der Waals surface area (Å²) < 4.78 is 0. The number of hydrogen-bond donors (Lipinski definition) is 4. The van der Waals surface area contributed by atoms with Gasteiger partial charge in [-0.2, -0.15) is 0 Å². The third kappa shape index (κ3) is 3.99. The molecule has 0 bridgehead atoms. The number of nitrogens with one attached hydrogen (secondary N) is 2. The molecule has 18 heavy (non-hydrogen) atoms. The van der Waals surface area contributed by atoms with Gasteiger partial charge in [0.05, 0.1) is 5.92 Å². The van der Waals surface area contributed by atoms with Gasteiger partial charge in [0.1, 0.15) is 6.04 Å². The molecule has 2 amide bonds. The summed E-state index contributed by atoms with van der Waals surface area (Å²) in [5.41, 5.74) is 4.96. The first-order valence-electron chi connectivity index (χ1n) is 5.94. The molecule has 5 N–H and O–H groups in total. The number of amides is 2. The summed E-state index contributed by atoms with van der Waals surface area (Å²) in [6, 6.07) is -1.06. The zero-order valence-electron chi connectivity index (χ0n) is 10.3. The van der Waals surface area contributed by atoms with E-state index < -0.39 is 17.9 Å². The van der Waals surface area contributed by atoms with Crippen LogP contribution in [0.5, 0.6) is 0 Å². The Morgan fingerprint density at radius 2 is 2.11 bits per heavy atom. The van der Waals surface area contributed by atoms with E-state index in [-0.39, 0.29) is 30.6 Å². The minimum absolute atomic E-state index is 0.0188. The van der Waals surface area contributed by atoms with E-state index in [2.05, 4.69) is 10.6 Å². The fraction of sp³-hybridized carbons (Fsp3) is 0.727. The van der Waals surface area contributed by atoms with Gasteiger partial charge in [0.15, 0.2) is 0 Å². The topological polar surface area (TPSA) is 122 Å². The van der Waals surface area contributed by atoms with Crippen molar-refractivity contribution >= 4 is 17.8 Å². The maximum absolute atomic E-state index is 11.9. The van der Waals surface area contributed by atoms with Crippen molar-refractivity contribution in [1.82, 2.24) is 10.6 Å². The first kappa shape index (κ1) is 14.4. The van der Waals surface area contributed by atoms with Crippen LogP contribution in [0.1, 0.15) is 19.8 Å². The second kappa shape index (κ2) is 6.34. The molecule has 0 aromatic heterocycles. The van der Waals surface area contributed by atoms with Crippen molar-refractivity contribution in [3.8, 4) is 0 Å². The van der Waals surface area contributed by atoms with Crippen molar-refractivity contribution in [3.63, 3.8) is 0 Å². The molecule has 0 aromatic rings. The van der Waals surface area contributed by atoms with Gasteiger partial charge in [0.2, 0.25) is 11.8 Å². The quantitative estimate of drug-likeness (QED) is 0.470. The van der Waals surface area contributed by atoms with Crippen molar-refractivity contribution in [1.29, 1.82) is 0 Å².